The summed E-state index contributed by atoms with van der Waals surface area (Å²) in [5, 5.41) is 13.0. The molecule has 2 aliphatic rings. The van der Waals surface area contributed by atoms with E-state index in [9.17, 15) is 5.11 Å². The average molecular weight is 254 g/mol. The zero-order valence-corrected chi connectivity index (χ0v) is 12.1. The van der Waals surface area contributed by atoms with Gasteiger partial charge in [-0.3, -0.25) is 0 Å². The summed E-state index contributed by atoms with van der Waals surface area (Å²) < 4.78 is 0. The molecule has 0 amide bonds. The minimum absolute atomic E-state index is 0.129. The van der Waals surface area contributed by atoms with Gasteiger partial charge in [-0.1, -0.05) is 26.2 Å². The van der Waals surface area contributed by atoms with Gasteiger partial charge in [0, 0.05) is 13.1 Å². The van der Waals surface area contributed by atoms with Crippen LogP contribution in [0, 0.1) is 11.8 Å². The predicted molar refractivity (Wildman–Crippen MR) is 75.7 cm³/mol. The maximum absolute atomic E-state index is 9.59. The molecule has 3 heteroatoms. The van der Waals surface area contributed by atoms with Gasteiger partial charge in [0.25, 0.3) is 0 Å². The largest absolute Gasteiger partial charge is 0.394 e. The van der Waals surface area contributed by atoms with Gasteiger partial charge < -0.3 is 15.3 Å². The van der Waals surface area contributed by atoms with E-state index in [0.29, 0.717) is 0 Å². The molecule has 2 rings (SSSR count). The number of piperidine rings is 1. The van der Waals surface area contributed by atoms with E-state index in [0.717, 1.165) is 24.9 Å². The molecule has 0 spiro atoms. The number of fused-ring (bicyclic) bond motifs is 1. The molecule has 2 N–H and O–H groups in total. The average Bonchev–Trinajstić information content (AvgIpc) is 2.39. The Morgan fingerprint density at radius 1 is 1.22 bits per heavy atom. The molecule has 3 nitrogen and oxygen atoms in total. The van der Waals surface area contributed by atoms with E-state index in [1.807, 2.05) is 0 Å². The lowest BCUT2D eigenvalue weighted by atomic mass is 9.75. The maximum atomic E-state index is 9.59. The first-order valence-electron chi connectivity index (χ1n) is 7.75. The van der Waals surface area contributed by atoms with Gasteiger partial charge in [0.15, 0.2) is 0 Å². The highest BCUT2D eigenvalue weighted by Crippen LogP contribution is 2.36. The Balaban J connectivity index is 1.86. The number of nitrogens with one attached hydrogen (secondary N) is 1. The van der Waals surface area contributed by atoms with Crippen molar-refractivity contribution < 1.29 is 5.11 Å². The standard InChI is InChI=1S/C15H30N2O/c1-3-16-15(2,12-18)11-17-9-8-13-6-4-5-7-14(13)10-17/h13-14,16,18H,3-12H2,1-2H3. The molecule has 0 aromatic heterocycles. The molecular weight excluding hydrogens is 224 g/mol. The normalized spacial score (nSPS) is 32.8. The van der Waals surface area contributed by atoms with Crippen LogP contribution < -0.4 is 5.32 Å². The SMILES string of the molecule is CCNC(C)(CO)CN1CCC2CCCCC2C1. The Morgan fingerprint density at radius 2 is 1.94 bits per heavy atom. The lowest BCUT2D eigenvalue weighted by Crippen LogP contribution is -2.56. The first-order chi connectivity index (χ1) is 8.67. The van der Waals surface area contributed by atoms with Crippen molar-refractivity contribution in [3.8, 4) is 0 Å². The number of rotatable bonds is 5. The summed E-state index contributed by atoms with van der Waals surface area (Å²) in [5.74, 6) is 1.92. The Labute approximate surface area is 112 Å². The van der Waals surface area contributed by atoms with Gasteiger partial charge in [0.2, 0.25) is 0 Å². The van der Waals surface area contributed by atoms with Crippen LogP contribution in [0.2, 0.25) is 0 Å². The molecule has 1 saturated carbocycles. The highest BCUT2D eigenvalue weighted by atomic mass is 16.3. The number of aliphatic hydroxyl groups is 1. The monoisotopic (exact) mass is 254 g/mol. The summed E-state index contributed by atoms with van der Waals surface area (Å²) >= 11 is 0. The molecule has 1 aliphatic carbocycles. The molecule has 106 valence electrons. The van der Waals surface area contributed by atoms with Crippen LogP contribution in [-0.4, -0.2) is 48.3 Å². The third kappa shape index (κ3) is 3.46. The lowest BCUT2D eigenvalue weighted by molar-refractivity contribution is 0.0513. The molecule has 1 aliphatic heterocycles. The molecule has 1 heterocycles. The number of aliphatic hydroxyl groups excluding tert-OH is 1. The fraction of sp³-hybridized carbons (Fsp3) is 1.00. The molecule has 3 unspecified atom stereocenters. The summed E-state index contributed by atoms with van der Waals surface area (Å²) in [5.41, 5.74) is -0.129. The summed E-state index contributed by atoms with van der Waals surface area (Å²) in [6.07, 6.45) is 7.14. The van der Waals surface area contributed by atoms with Crippen LogP contribution >= 0.6 is 0 Å². The van der Waals surface area contributed by atoms with Gasteiger partial charge in [0.1, 0.15) is 0 Å². The fourth-order valence-corrected chi connectivity index (χ4v) is 3.90. The van der Waals surface area contributed by atoms with Gasteiger partial charge in [-0.15, -0.1) is 0 Å². The summed E-state index contributed by atoms with van der Waals surface area (Å²) in [6, 6.07) is 0. The van der Waals surface area contributed by atoms with Crippen LogP contribution in [0.4, 0.5) is 0 Å². The predicted octanol–water partition coefficient (Wildman–Crippen LogP) is 1.86. The van der Waals surface area contributed by atoms with E-state index < -0.39 is 0 Å². The zero-order chi connectivity index (χ0) is 13.0. The van der Waals surface area contributed by atoms with Crippen LogP contribution in [0.5, 0.6) is 0 Å². The van der Waals surface area contributed by atoms with Crippen molar-refractivity contribution >= 4 is 0 Å². The highest BCUT2D eigenvalue weighted by Gasteiger charge is 2.34. The second-order valence-electron chi connectivity index (χ2n) is 6.58. The zero-order valence-electron chi connectivity index (χ0n) is 12.1. The summed E-state index contributed by atoms with van der Waals surface area (Å²) in [7, 11) is 0. The van der Waals surface area contributed by atoms with E-state index in [1.54, 1.807) is 0 Å². The number of hydrogen-bond donors (Lipinski definition) is 2. The lowest BCUT2D eigenvalue weighted by Gasteiger charge is -2.44. The van der Waals surface area contributed by atoms with Gasteiger partial charge in [-0.2, -0.15) is 0 Å². The van der Waals surface area contributed by atoms with Crippen LogP contribution in [0.3, 0.4) is 0 Å². The number of hydrogen-bond acceptors (Lipinski definition) is 3. The Morgan fingerprint density at radius 3 is 2.61 bits per heavy atom. The second-order valence-corrected chi connectivity index (χ2v) is 6.58. The smallest absolute Gasteiger partial charge is 0.0623 e. The van der Waals surface area contributed by atoms with Gasteiger partial charge in [-0.25, -0.2) is 0 Å². The van der Waals surface area contributed by atoms with E-state index in [2.05, 4.69) is 24.1 Å². The van der Waals surface area contributed by atoms with Gasteiger partial charge in [0.05, 0.1) is 12.1 Å². The van der Waals surface area contributed by atoms with Crippen LogP contribution in [0.25, 0.3) is 0 Å². The van der Waals surface area contributed by atoms with Crippen molar-refractivity contribution in [1.29, 1.82) is 0 Å². The third-order valence-electron chi connectivity index (χ3n) is 4.90. The Bertz CT molecular complexity index is 259. The molecule has 0 bridgehead atoms. The van der Waals surface area contributed by atoms with E-state index in [4.69, 9.17) is 0 Å². The Kier molecular flexibility index (Phi) is 5.05. The van der Waals surface area contributed by atoms with Crippen LogP contribution in [0.1, 0.15) is 46.0 Å². The molecule has 18 heavy (non-hydrogen) atoms. The molecular formula is C15H30N2O. The molecule has 3 atom stereocenters. The molecule has 0 aromatic carbocycles. The molecule has 1 saturated heterocycles. The van der Waals surface area contributed by atoms with E-state index in [1.165, 1.54) is 45.2 Å². The summed E-state index contributed by atoms with van der Waals surface area (Å²) in [4.78, 5) is 2.57. The third-order valence-corrected chi connectivity index (χ3v) is 4.90. The van der Waals surface area contributed by atoms with Crippen molar-refractivity contribution in [2.45, 2.75) is 51.5 Å². The quantitative estimate of drug-likeness (QED) is 0.786. The van der Waals surface area contributed by atoms with Crippen LogP contribution in [0.15, 0.2) is 0 Å². The van der Waals surface area contributed by atoms with Crippen molar-refractivity contribution in [2.24, 2.45) is 11.8 Å². The first-order valence-corrected chi connectivity index (χ1v) is 7.75. The number of likely N-dealkylation sites (tertiary alicyclic amines) is 1. The minimum Gasteiger partial charge on any atom is -0.394 e. The summed E-state index contributed by atoms with van der Waals surface area (Å²) in [6.45, 7) is 8.88. The van der Waals surface area contributed by atoms with Crippen molar-refractivity contribution in [3.63, 3.8) is 0 Å². The highest BCUT2D eigenvalue weighted by molar-refractivity contribution is 4.90. The topological polar surface area (TPSA) is 35.5 Å². The molecule has 0 aromatic rings. The second kappa shape index (κ2) is 6.36. The maximum Gasteiger partial charge on any atom is 0.0623 e. The van der Waals surface area contributed by atoms with E-state index >= 15 is 0 Å². The van der Waals surface area contributed by atoms with Crippen molar-refractivity contribution in [3.05, 3.63) is 0 Å². The van der Waals surface area contributed by atoms with Crippen molar-refractivity contribution in [1.82, 2.24) is 10.2 Å². The van der Waals surface area contributed by atoms with Gasteiger partial charge in [-0.05, 0) is 44.7 Å². The molecule has 2 fully saturated rings. The number of likely N-dealkylation sites (N-methyl/N-ethyl adjacent to an activating group) is 1. The molecule has 0 radical (unpaired) electrons. The van der Waals surface area contributed by atoms with Gasteiger partial charge >= 0.3 is 0 Å². The van der Waals surface area contributed by atoms with Crippen molar-refractivity contribution in [2.75, 3.05) is 32.8 Å². The minimum atomic E-state index is -0.129. The Hall–Kier alpha value is -0.120. The van der Waals surface area contributed by atoms with E-state index in [-0.39, 0.29) is 12.1 Å². The number of nitrogens with zero attached hydrogens (tertiary/aromatic N) is 1. The fourth-order valence-electron chi connectivity index (χ4n) is 3.90. The first kappa shape index (κ1) is 14.3. The van der Waals surface area contributed by atoms with Crippen LogP contribution in [-0.2, 0) is 0 Å².